The van der Waals surface area contributed by atoms with E-state index in [0.29, 0.717) is 5.69 Å². The lowest BCUT2D eigenvalue weighted by atomic mass is 10.1. The summed E-state index contributed by atoms with van der Waals surface area (Å²) in [5.41, 5.74) is 7.67. The predicted octanol–water partition coefficient (Wildman–Crippen LogP) is 3.01. The number of amides is 1. The number of rotatable bonds is 2. The number of carbonyl (C=O) groups excluding carboxylic acids is 1. The average Bonchev–Trinajstić information content (AvgIpc) is 3.07. The number of carbonyl (C=O) groups is 1. The van der Waals surface area contributed by atoms with Crippen LogP contribution in [-0.4, -0.2) is 22.3 Å². The molecule has 1 fully saturated rings. The molecule has 0 aliphatic carbocycles. The number of likely N-dealkylation sites (tertiary alicyclic amines) is 1. The number of aromatic nitrogens is 1. The molecule has 2 aromatic rings. The molecule has 104 valence electrons. The number of anilines is 1. The van der Waals surface area contributed by atoms with Crippen molar-refractivity contribution in [2.75, 3.05) is 12.3 Å². The first-order chi connectivity index (χ1) is 9.66. The third-order valence-electron chi connectivity index (χ3n) is 3.75. The molecule has 1 unspecified atom stereocenters. The fourth-order valence-corrected chi connectivity index (χ4v) is 3.57. The Morgan fingerprint density at radius 3 is 3.05 bits per heavy atom. The van der Waals surface area contributed by atoms with Crippen LogP contribution in [0.2, 0.25) is 0 Å². The van der Waals surface area contributed by atoms with Crippen LogP contribution >= 0.6 is 11.3 Å². The highest BCUT2D eigenvalue weighted by Gasteiger charge is 2.31. The van der Waals surface area contributed by atoms with Gasteiger partial charge < -0.3 is 10.6 Å². The Balaban J connectivity index is 1.87. The molecule has 0 aromatic carbocycles. The molecule has 3 heterocycles. The van der Waals surface area contributed by atoms with E-state index in [1.165, 1.54) is 11.3 Å². The Morgan fingerprint density at radius 2 is 2.40 bits per heavy atom. The van der Waals surface area contributed by atoms with Crippen LogP contribution in [0.5, 0.6) is 0 Å². The zero-order valence-electron chi connectivity index (χ0n) is 11.4. The molecule has 1 saturated heterocycles. The second-order valence-electron chi connectivity index (χ2n) is 5.07. The maximum atomic E-state index is 12.7. The Bertz CT molecular complexity index is 604. The van der Waals surface area contributed by atoms with Crippen molar-refractivity contribution in [3.8, 4) is 0 Å². The van der Waals surface area contributed by atoms with E-state index in [9.17, 15) is 4.79 Å². The number of aryl methyl sites for hydroxylation is 1. The molecule has 0 bridgehead atoms. The number of nitrogens with two attached hydrogens (primary N) is 1. The third-order valence-corrected chi connectivity index (χ3v) is 4.80. The lowest BCUT2D eigenvalue weighted by Gasteiger charge is -2.24. The number of pyridine rings is 1. The molecule has 1 aliphatic rings. The quantitative estimate of drug-likeness (QED) is 0.923. The van der Waals surface area contributed by atoms with E-state index in [1.54, 1.807) is 12.3 Å². The number of hydrogen-bond acceptors (Lipinski definition) is 4. The van der Waals surface area contributed by atoms with Gasteiger partial charge in [0.2, 0.25) is 0 Å². The maximum Gasteiger partial charge on any atom is 0.264 e. The van der Waals surface area contributed by atoms with Gasteiger partial charge in [0.15, 0.2) is 0 Å². The molecule has 5 heteroatoms. The number of thiophene rings is 1. The lowest BCUT2D eigenvalue weighted by molar-refractivity contribution is 0.0740. The molecule has 0 saturated carbocycles. The number of hydrogen-bond donors (Lipinski definition) is 1. The number of nitrogens with zero attached hydrogens (tertiary/aromatic N) is 2. The zero-order chi connectivity index (χ0) is 14.1. The average molecular weight is 287 g/mol. The first-order valence-corrected chi connectivity index (χ1v) is 7.55. The lowest BCUT2D eigenvalue weighted by Crippen LogP contribution is -2.30. The molecule has 0 spiro atoms. The van der Waals surface area contributed by atoms with E-state index in [1.807, 2.05) is 30.2 Å². The highest BCUT2D eigenvalue weighted by Crippen LogP contribution is 2.34. The molecule has 2 N–H and O–H groups in total. The minimum atomic E-state index is 0.0844. The minimum absolute atomic E-state index is 0.0844. The summed E-state index contributed by atoms with van der Waals surface area (Å²) in [5, 5.41) is 0. The second-order valence-corrected chi connectivity index (χ2v) is 6.32. The van der Waals surface area contributed by atoms with E-state index in [2.05, 4.69) is 4.98 Å². The van der Waals surface area contributed by atoms with Crippen LogP contribution in [0, 0.1) is 6.92 Å². The highest BCUT2D eigenvalue weighted by atomic mass is 32.1. The zero-order valence-corrected chi connectivity index (χ0v) is 12.2. The summed E-state index contributed by atoms with van der Waals surface area (Å²) >= 11 is 1.47. The molecule has 20 heavy (non-hydrogen) atoms. The molecule has 1 amide bonds. The summed E-state index contributed by atoms with van der Waals surface area (Å²) in [6.45, 7) is 2.74. The van der Waals surface area contributed by atoms with E-state index in [4.69, 9.17) is 5.73 Å². The minimum Gasteiger partial charge on any atom is -0.398 e. The van der Waals surface area contributed by atoms with Gasteiger partial charge in [0.25, 0.3) is 5.91 Å². The van der Waals surface area contributed by atoms with Crippen LogP contribution in [0.15, 0.2) is 30.6 Å². The largest absolute Gasteiger partial charge is 0.398 e. The topological polar surface area (TPSA) is 59.2 Å². The Kier molecular flexibility index (Phi) is 3.44. The predicted molar refractivity (Wildman–Crippen MR) is 80.7 cm³/mol. The highest BCUT2D eigenvalue weighted by molar-refractivity contribution is 7.14. The molecule has 0 radical (unpaired) electrons. The number of nitrogen functional groups attached to an aromatic ring is 1. The van der Waals surface area contributed by atoms with Crippen molar-refractivity contribution in [1.29, 1.82) is 0 Å². The fourth-order valence-electron chi connectivity index (χ4n) is 2.67. The Labute approximate surface area is 122 Å². The van der Waals surface area contributed by atoms with Gasteiger partial charge in [-0.2, -0.15) is 0 Å². The van der Waals surface area contributed by atoms with Gasteiger partial charge in [-0.1, -0.05) is 6.07 Å². The maximum absolute atomic E-state index is 12.7. The second kappa shape index (κ2) is 5.25. The van der Waals surface area contributed by atoms with E-state index < -0.39 is 0 Å². The Hall–Kier alpha value is -1.88. The van der Waals surface area contributed by atoms with Crippen molar-refractivity contribution in [2.24, 2.45) is 0 Å². The Morgan fingerprint density at radius 1 is 1.55 bits per heavy atom. The van der Waals surface area contributed by atoms with Crippen molar-refractivity contribution in [3.63, 3.8) is 0 Å². The molecular formula is C15H17N3OS. The molecule has 3 rings (SSSR count). The van der Waals surface area contributed by atoms with Crippen LogP contribution in [-0.2, 0) is 0 Å². The molecule has 1 aliphatic heterocycles. The summed E-state index contributed by atoms with van der Waals surface area (Å²) in [7, 11) is 0. The molecule has 2 aromatic heterocycles. The molecule has 4 nitrogen and oxygen atoms in total. The van der Waals surface area contributed by atoms with E-state index in [0.717, 1.165) is 34.7 Å². The van der Waals surface area contributed by atoms with Crippen LogP contribution in [0.4, 0.5) is 5.69 Å². The van der Waals surface area contributed by atoms with Gasteiger partial charge in [-0.05, 0) is 37.5 Å². The summed E-state index contributed by atoms with van der Waals surface area (Å²) in [4.78, 5) is 20.5. The van der Waals surface area contributed by atoms with Gasteiger partial charge in [-0.15, -0.1) is 11.3 Å². The van der Waals surface area contributed by atoms with Crippen molar-refractivity contribution >= 4 is 22.9 Å². The molecular weight excluding hydrogens is 270 g/mol. The van der Waals surface area contributed by atoms with Crippen LogP contribution in [0.25, 0.3) is 0 Å². The van der Waals surface area contributed by atoms with Crippen LogP contribution < -0.4 is 5.73 Å². The summed E-state index contributed by atoms with van der Waals surface area (Å²) in [6.07, 6.45) is 5.64. The monoisotopic (exact) mass is 287 g/mol. The van der Waals surface area contributed by atoms with Crippen molar-refractivity contribution in [2.45, 2.75) is 25.8 Å². The SMILES string of the molecule is Cc1sc(C(=O)N2CCCC2c2cccnc2)cc1N. The summed E-state index contributed by atoms with van der Waals surface area (Å²) in [6, 6.07) is 5.89. The van der Waals surface area contributed by atoms with Crippen molar-refractivity contribution in [1.82, 2.24) is 9.88 Å². The smallest absolute Gasteiger partial charge is 0.264 e. The van der Waals surface area contributed by atoms with Crippen LogP contribution in [0.3, 0.4) is 0 Å². The van der Waals surface area contributed by atoms with Crippen molar-refractivity contribution < 1.29 is 4.79 Å². The van der Waals surface area contributed by atoms with Gasteiger partial charge in [-0.25, -0.2) is 0 Å². The van der Waals surface area contributed by atoms with Gasteiger partial charge in [0, 0.05) is 29.5 Å². The van der Waals surface area contributed by atoms with Gasteiger partial charge in [0.1, 0.15) is 0 Å². The van der Waals surface area contributed by atoms with Crippen LogP contribution in [0.1, 0.15) is 39.0 Å². The van der Waals surface area contributed by atoms with E-state index >= 15 is 0 Å². The summed E-state index contributed by atoms with van der Waals surface area (Å²) in [5.74, 6) is 0.0844. The van der Waals surface area contributed by atoms with Gasteiger partial charge in [-0.3, -0.25) is 9.78 Å². The van der Waals surface area contributed by atoms with Gasteiger partial charge >= 0.3 is 0 Å². The fraction of sp³-hybridized carbons (Fsp3) is 0.333. The van der Waals surface area contributed by atoms with E-state index in [-0.39, 0.29) is 11.9 Å². The first-order valence-electron chi connectivity index (χ1n) is 6.73. The van der Waals surface area contributed by atoms with Gasteiger partial charge in [0.05, 0.1) is 10.9 Å². The standard InChI is InChI=1S/C15H17N3OS/c1-10-12(16)8-14(20-10)15(19)18-7-3-5-13(18)11-4-2-6-17-9-11/h2,4,6,8-9,13H,3,5,7,16H2,1H3. The summed E-state index contributed by atoms with van der Waals surface area (Å²) < 4.78 is 0. The molecule has 1 atom stereocenters. The first kappa shape index (κ1) is 13.1. The normalized spacial score (nSPS) is 18.4. The third kappa shape index (κ3) is 2.29. The van der Waals surface area contributed by atoms with Crippen molar-refractivity contribution in [3.05, 3.63) is 45.9 Å².